The lowest BCUT2D eigenvalue weighted by atomic mass is 10.1. The van der Waals surface area contributed by atoms with Gasteiger partial charge in [0.05, 0.1) is 5.69 Å². The molecule has 5 rings (SSSR count). The zero-order valence-corrected chi connectivity index (χ0v) is 21.1. The Balaban J connectivity index is 1.34. The minimum atomic E-state index is -0.461. The van der Waals surface area contributed by atoms with E-state index in [4.69, 9.17) is 4.99 Å². The predicted octanol–water partition coefficient (Wildman–Crippen LogP) is 2.80. The molecule has 0 saturated carbocycles. The third-order valence-electron chi connectivity index (χ3n) is 6.50. The molecule has 3 heterocycles. The summed E-state index contributed by atoms with van der Waals surface area (Å²) in [6.07, 6.45) is 3.52. The van der Waals surface area contributed by atoms with E-state index >= 15 is 0 Å². The van der Waals surface area contributed by atoms with Crippen LogP contribution in [0.1, 0.15) is 24.5 Å². The third-order valence-corrected chi connectivity index (χ3v) is 7.62. The van der Waals surface area contributed by atoms with Gasteiger partial charge in [0.1, 0.15) is 12.4 Å². The molecule has 0 aromatic heterocycles. The number of nitrogens with one attached hydrogen (secondary N) is 1. The Bertz CT molecular complexity index is 1230. The van der Waals surface area contributed by atoms with Crippen molar-refractivity contribution in [3.05, 3.63) is 65.7 Å². The molecule has 2 aromatic carbocycles. The first kappa shape index (κ1) is 24.3. The van der Waals surface area contributed by atoms with E-state index in [9.17, 15) is 14.4 Å². The number of hydrogen-bond acceptors (Lipinski definition) is 7. The van der Waals surface area contributed by atoms with Crippen molar-refractivity contribution in [2.24, 2.45) is 4.99 Å². The number of amidine groups is 1. The molecule has 3 amide bonds. The summed E-state index contributed by atoms with van der Waals surface area (Å²) in [5.74, 6) is -0.302. The number of imide groups is 1. The van der Waals surface area contributed by atoms with Crippen LogP contribution in [0.2, 0.25) is 0 Å². The summed E-state index contributed by atoms with van der Waals surface area (Å²) in [5, 5.41) is 2.83. The number of para-hydroxylation sites is 1. The molecule has 3 aliphatic heterocycles. The van der Waals surface area contributed by atoms with Gasteiger partial charge in [-0.1, -0.05) is 36.9 Å². The van der Waals surface area contributed by atoms with E-state index in [0.717, 1.165) is 76.5 Å². The first-order valence-corrected chi connectivity index (χ1v) is 13.1. The number of amides is 3. The lowest BCUT2D eigenvalue weighted by Gasteiger charge is -2.36. The van der Waals surface area contributed by atoms with Crippen molar-refractivity contribution < 1.29 is 14.4 Å². The van der Waals surface area contributed by atoms with Crippen LogP contribution in [0.25, 0.3) is 0 Å². The monoisotopic (exact) mass is 503 g/mol. The molecule has 0 spiro atoms. The average Bonchev–Trinajstić information content (AvgIpc) is 3.10. The molecule has 8 nitrogen and oxygen atoms in total. The average molecular weight is 504 g/mol. The Morgan fingerprint density at radius 3 is 2.50 bits per heavy atom. The minimum Gasteiger partial charge on any atom is -0.354 e. The van der Waals surface area contributed by atoms with Gasteiger partial charge in [-0.15, -0.1) is 0 Å². The van der Waals surface area contributed by atoms with Gasteiger partial charge in [-0.25, -0.2) is 4.99 Å². The number of nitrogens with zero attached hydrogens (tertiary/aromatic N) is 4. The predicted molar refractivity (Wildman–Crippen MR) is 139 cm³/mol. The van der Waals surface area contributed by atoms with Crippen molar-refractivity contribution in [2.45, 2.75) is 29.7 Å². The first-order valence-electron chi connectivity index (χ1n) is 12.3. The maximum atomic E-state index is 12.4. The second-order valence-corrected chi connectivity index (χ2v) is 10.1. The van der Waals surface area contributed by atoms with E-state index in [1.165, 1.54) is 12.2 Å². The largest absolute Gasteiger partial charge is 0.354 e. The molecule has 0 bridgehead atoms. The van der Waals surface area contributed by atoms with Crippen molar-refractivity contribution in [1.29, 1.82) is 0 Å². The molecular weight excluding hydrogens is 474 g/mol. The SMILES string of the molecule is CCCN1CCN(C2=Nc3ccccc3Sc3cc(CNC(=O)CN4C(=O)C=CC4=O)ccc32)CC1. The molecule has 186 valence electrons. The van der Waals surface area contributed by atoms with Crippen molar-refractivity contribution >= 4 is 41.0 Å². The van der Waals surface area contributed by atoms with Gasteiger partial charge in [-0.05, 0) is 42.8 Å². The zero-order chi connectivity index (χ0) is 25.1. The molecule has 36 heavy (non-hydrogen) atoms. The van der Waals surface area contributed by atoms with Crippen molar-refractivity contribution in [1.82, 2.24) is 20.0 Å². The fourth-order valence-corrected chi connectivity index (χ4v) is 5.68. The summed E-state index contributed by atoms with van der Waals surface area (Å²) in [5.41, 5.74) is 3.00. The lowest BCUT2D eigenvalue weighted by Crippen LogP contribution is -2.49. The van der Waals surface area contributed by atoms with E-state index in [0.29, 0.717) is 6.54 Å². The topological polar surface area (TPSA) is 85.3 Å². The molecule has 0 unspecified atom stereocenters. The highest BCUT2D eigenvalue weighted by Gasteiger charge is 2.27. The summed E-state index contributed by atoms with van der Waals surface area (Å²) in [7, 11) is 0. The molecule has 3 aliphatic rings. The van der Waals surface area contributed by atoms with Gasteiger partial charge in [0, 0.05) is 60.2 Å². The summed E-state index contributed by atoms with van der Waals surface area (Å²) < 4.78 is 0. The maximum absolute atomic E-state index is 12.4. The second-order valence-electron chi connectivity index (χ2n) is 9.04. The number of hydrogen-bond donors (Lipinski definition) is 1. The normalized spacial score (nSPS) is 17.5. The quantitative estimate of drug-likeness (QED) is 0.611. The van der Waals surface area contributed by atoms with Gasteiger partial charge in [0.25, 0.3) is 11.8 Å². The van der Waals surface area contributed by atoms with Crippen LogP contribution in [0.4, 0.5) is 5.69 Å². The number of piperazine rings is 1. The van der Waals surface area contributed by atoms with Crippen LogP contribution in [-0.4, -0.2) is 77.5 Å². The fraction of sp³-hybridized carbons (Fsp3) is 0.333. The highest BCUT2D eigenvalue weighted by Crippen LogP contribution is 2.41. The lowest BCUT2D eigenvalue weighted by molar-refractivity contribution is -0.141. The van der Waals surface area contributed by atoms with Gasteiger partial charge in [0.15, 0.2) is 0 Å². The molecule has 0 radical (unpaired) electrons. The number of benzene rings is 2. The maximum Gasteiger partial charge on any atom is 0.254 e. The van der Waals surface area contributed by atoms with Crippen LogP contribution < -0.4 is 5.32 Å². The number of fused-ring (bicyclic) bond motifs is 2. The second kappa shape index (κ2) is 10.7. The summed E-state index contributed by atoms with van der Waals surface area (Å²) >= 11 is 1.68. The van der Waals surface area contributed by atoms with Gasteiger partial charge >= 0.3 is 0 Å². The van der Waals surface area contributed by atoms with Crippen molar-refractivity contribution in [2.75, 3.05) is 39.3 Å². The number of rotatable bonds is 6. The van der Waals surface area contributed by atoms with Crippen LogP contribution in [-0.2, 0) is 20.9 Å². The number of aliphatic imine (C=N–C) groups is 1. The summed E-state index contributed by atoms with van der Waals surface area (Å²) in [6, 6.07) is 14.4. The standard InChI is InChI=1S/C27H29N5O3S/c1-2-11-30-12-14-31(15-13-30)27-20-8-7-19(16-23(20)36-22-6-4-3-5-21(22)29-27)17-28-24(33)18-32-25(34)9-10-26(32)35/h3-10,16H,2,11-15,17-18H2,1H3,(H,28,33). The zero-order valence-electron chi connectivity index (χ0n) is 20.3. The van der Waals surface area contributed by atoms with Crippen LogP contribution >= 0.6 is 11.8 Å². The van der Waals surface area contributed by atoms with Crippen LogP contribution in [0.3, 0.4) is 0 Å². The Morgan fingerprint density at radius 1 is 1.00 bits per heavy atom. The molecule has 0 aliphatic carbocycles. The van der Waals surface area contributed by atoms with Gasteiger partial charge in [-0.2, -0.15) is 0 Å². The summed E-state index contributed by atoms with van der Waals surface area (Å²) in [6.45, 7) is 7.30. The molecule has 2 aromatic rings. The van der Waals surface area contributed by atoms with Crippen LogP contribution in [0.5, 0.6) is 0 Å². The Morgan fingerprint density at radius 2 is 1.75 bits per heavy atom. The Hall–Kier alpha value is -3.43. The van der Waals surface area contributed by atoms with E-state index in [1.807, 2.05) is 18.2 Å². The Labute approximate surface area is 215 Å². The van der Waals surface area contributed by atoms with Gasteiger partial charge < -0.3 is 10.2 Å². The highest BCUT2D eigenvalue weighted by atomic mass is 32.2. The molecular formula is C27H29N5O3S. The molecule has 9 heteroatoms. The minimum absolute atomic E-state index is 0.279. The van der Waals surface area contributed by atoms with Crippen LogP contribution in [0.15, 0.2) is 69.4 Å². The number of carbonyl (C=O) groups is 3. The third kappa shape index (κ3) is 5.22. The summed E-state index contributed by atoms with van der Waals surface area (Å²) in [4.78, 5) is 48.9. The van der Waals surface area contributed by atoms with Crippen LogP contribution in [0, 0.1) is 0 Å². The van der Waals surface area contributed by atoms with Crippen molar-refractivity contribution in [3.8, 4) is 0 Å². The van der Waals surface area contributed by atoms with E-state index < -0.39 is 11.8 Å². The fourth-order valence-electron chi connectivity index (χ4n) is 4.60. The van der Waals surface area contributed by atoms with E-state index in [-0.39, 0.29) is 12.5 Å². The molecule has 0 atom stereocenters. The van der Waals surface area contributed by atoms with E-state index in [1.54, 1.807) is 11.8 Å². The molecule has 1 fully saturated rings. The smallest absolute Gasteiger partial charge is 0.254 e. The molecule has 1 saturated heterocycles. The number of carbonyl (C=O) groups excluding carboxylic acids is 3. The molecule has 1 N–H and O–H groups in total. The first-order chi connectivity index (χ1) is 17.5. The van der Waals surface area contributed by atoms with Gasteiger partial charge in [0.2, 0.25) is 5.91 Å². The highest BCUT2D eigenvalue weighted by molar-refractivity contribution is 7.99. The van der Waals surface area contributed by atoms with Gasteiger partial charge in [-0.3, -0.25) is 24.2 Å². The van der Waals surface area contributed by atoms with Crippen molar-refractivity contribution in [3.63, 3.8) is 0 Å². The Kier molecular flexibility index (Phi) is 7.20. The van der Waals surface area contributed by atoms with E-state index in [2.05, 4.69) is 46.3 Å².